The Hall–Kier alpha value is -0.770. The van der Waals surface area contributed by atoms with Crippen molar-refractivity contribution in [3.8, 4) is 0 Å². The average molecular weight is 362 g/mol. The first kappa shape index (κ1) is 21.3. The van der Waals surface area contributed by atoms with Crippen LogP contribution in [0, 0.1) is 0 Å². The van der Waals surface area contributed by atoms with Crippen LogP contribution in [-0.2, 0) is 10.1 Å². The summed E-state index contributed by atoms with van der Waals surface area (Å²) in [5.41, 5.74) is 0.129. The summed E-state index contributed by atoms with van der Waals surface area (Å²) < 4.78 is 32.1. The Morgan fingerprint density at radius 2 is 1.46 bits per heavy atom. The topological polar surface area (TPSA) is 97.8 Å². The quantitative estimate of drug-likeness (QED) is 0.437. The van der Waals surface area contributed by atoms with Gasteiger partial charge in [-0.25, -0.2) is 8.42 Å². The van der Waals surface area contributed by atoms with Gasteiger partial charge in [0.05, 0.1) is 0 Å². The van der Waals surface area contributed by atoms with Gasteiger partial charge in [0.1, 0.15) is 0 Å². The largest absolute Gasteiger partial charge is 1.00 e. The third kappa shape index (κ3) is 5.11. The Labute approximate surface area is 164 Å². The predicted molar refractivity (Wildman–Crippen MR) is 83.1 cm³/mol. The van der Waals surface area contributed by atoms with Crippen molar-refractivity contribution in [2.45, 2.75) is 19.9 Å². The molecule has 0 saturated carbocycles. The minimum atomic E-state index is -5.01. The molecule has 2 rings (SSSR count). The normalized spacial score (nSPS) is 15.9. The molecular weight excluding hydrogens is 343 g/mol. The molecule has 1 amide bonds. The first-order chi connectivity index (χ1) is 10.7. The fourth-order valence-electron chi connectivity index (χ4n) is 2.52. The van der Waals surface area contributed by atoms with Crippen LogP contribution in [0.2, 0.25) is 0 Å². The van der Waals surface area contributed by atoms with Gasteiger partial charge in [-0.05, 0) is 38.1 Å². The Kier molecular flexibility index (Phi) is 7.58. The maximum atomic E-state index is 12.4. The van der Waals surface area contributed by atoms with Gasteiger partial charge >= 0.3 is 29.6 Å². The zero-order valence-corrected chi connectivity index (χ0v) is 16.9. The van der Waals surface area contributed by atoms with E-state index >= 15 is 0 Å². The molecule has 1 aliphatic rings. The molecule has 1 aliphatic heterocycles. The smallest absolute Gasteiger partial charge is 0.742 e. The van der Waals surface area contributed by atoms with Crippen LogP contribution in [0.15, 0.2) is 24.3 Å². The Morgan fingerprint density at radius 1 is 1.00 bits per heavy atom. The van der Waals surface area contributed by atoms with Gasteiger partial charge < -0.3 is 9.45 Å². The fourth-order valence-corrected chi connectivity index (χ4v) is 2.94. The monoisotopic (exact) mass is 362 g/mol. The molecule has 7 nitrogen and oxygen atoms in total. The molecule has 126 valence electrons. The van der Waals surface area contributed by atoms with Crippen molar-refractivity contribution in [1.82, 2.24) is 9.80 Å². The molecule has 0 N–H and O–H groups in total. The van der Waals surface area contributed by atoms with Gasteiger partial charge in [-0.3, -0.25) is 14.5 Å². The summed E-state index contributed by atoms with van der Waals surface area (Å²) in [5, 5.41) is -1.48. The number of piperazine rings is 1. The van der Waals surface area contributed by atoms with E-state index in [2.05, 4.69) is 18.7 Å². The third-order valence-corrected chi connectivity index (χ3v) is 4.62. The SMILES string of the molecule is CC(C)N1CCN(C(=O)c2ccc(C(=O)S(=O)(=O)[O-])cc2)CC1.[Na+]. The number of hydrogen-bond donors (Lipinski definition) is 0. The average Bonchev–Trinajstić information content (AvgIpc) is 2.53. The van der Waals surface area contributed by atoms with Crippen molar-refractivity contribution < 1.29 is 52.1 Å². The van der Waals surface area contributed by atoms with E-state index in [9.17, 15) is 22.6 Å². The molecular formula is C15H19N2NaO5S. The minimum absolute atomic E-state index is 0. The van der Waals surface area contributed by atoms with E-state index in [-0.39, 0.29) is 41.0 Å². The maximum Gasteiger partial charge on any atom is 1.00 e. The Morgan fingerprint density at radius 3 is 1.88 bits per heavy atom. The standard InChI is InChI=1S/C15H20N2O5S.Na/c1-11(2)16-7-9-17(10-8-16)14(18)12-3-5-13(6-4-12)15(19)23(20,21)22;/h3-6,11H,7-10H2,1-2H3,(H,20,21,22);/q;+1/p-1. The Balaban J connectivity index is 0.00000288. The first-order valence-corrected chi connectivity index (χ1v) is 8.74. The maximum absolute atomic E-state index is 12.4. The molecule has 0 aromatic heterocycles. The van der Waals surface area contributed by atoms with Gasteiger partial charge in [-0.2, -0.15) is 0 Å². The molecule has 9 heteroatoms. The molecule has 0 aliphatic carbocycles. The van der Waals surface area contributed by atoms with Gasteiger partial charge in [-0.1, -0.05) is 0 Å². The third-order valence-electron chi connectivity index (χ3n) is 3.93. The second-order valence-electron chi connectivity index (χ2n) is 5.74. The van der Waals surface area contributed by atoms with E-state index in [0.717, 1.165) is 13.1 Å². The van der Waals surface area contributed by atoms with Crippen LogP contribution >= 0.6 is 0 Å². The molecule has 24 heavy (non-hydrogen) atoms. The van der Waals surface area contributed by atoms with Crippen LogP contribution in [-0.4, -0.2) is 66.0 Å². The van der Waals surface area contributed by atoms with E-state index in [0.29, 0.717) is 24.7 Å². The van der Waals surface area contributed by atoms with Gasteiger partial charge in [0.2, 0.25) is 0 Å². The van der Waals surface area contributed by atoms with Crippen LogP contribution < -0.4 is 29.6 Å². The van der Waals surface area contributed by atoms with Crippen LogP contribution in [0.3, 0.4) is 0 Å². The van der Waals surface area contributed by atoms with Crippen molar-refractivity contribution in [2.24, 2.45) is 0 Å². The summed E-state index contributed by atoms with van der Waals surface area (Å²) in [6.45, 7) is 7.05. The van der Waals surface area contributed by atoms with E-state index in [1.54, 1.807) is 4.90 Å². The van der Waals surface area contributed by atoms with Gasteiger partial charge in [0.15, 0.2) is 10.1 Å². The van der Waals surface area contributed by atoms with E-state index < -0.39 is 15.2 Å². The van der Waals surface area contributed by atoms with E-state index in [1.807, 2.05) is 0 Å². The van der Waals surface area contributed by atoms with Crippen LogP contribution in [0.25, 0.3) is 0 Å². The molecule has 0 radical (unpaired) electrons. The second-order valence-corrected chi connectivity index (χ2v) is 7.02. The zero-order chi connectivity index (χ0) is 17.2. The van der Waals surface area contributed by atoms with Crippen molar-refractivity contribution in [1.29, 1.82) is 0 Å². The number of carbonyl (C=O) groups excluding carboxylic acids is 2. The fraction of sp³-hybridized carbons (Fsp3) is 0.467. The molecule has 0 bridgehead atoms. The first-order valence-electron chi connectivity index (χ1n) is 7.34. The summed E-state index contributed by atoms with van der Waals surface area (Å²) >= 11 is 0. The number of rotatable bonds is 3. The number of hydrogen-bond acceptors (Lipinski definition) is 6. The zero-order valence-electron chi connectivity index (χ0n) is 14.1. The molecule has 1 aromatic rings. The van der Waals surface area contributed by atoms with E-state index in [4.69, 9.17) is 0 Å². The molecule has 0 spiro atoms. The molecule has 1 fully saturated rings. The van der Waals surface area contributed by atoms with Crippen molar-refractivity contribution in [3.05, 3.63) is 35.4 Å². The summed E-state index contributed by atoms with van der Waals surface area (Å²) in [6.07, 6.45) is 0. The van der Waals surface area contributed by atoms with Crippen molar-refractivity contribution >= 4 is 21.1 Å². The molecule has 0 atom stereocenters. The van der Waals surface area contributed by atoms with Crippen LogP contribution in [0.5, 0.6) is 0 Å². The Bertz CT molecular complexity index is 695. The van der Waals surface area contributed by atoms with Crippen LogP contribution in [0.1, 0.15) is 34.6 Å². The molecule has 1 heterocycles. The summed E-state index contributed by atoms with van der Waals surface area (Å²) in [6, 6.07) is 5.56. The number of carbonyl (C=O) groups is 2. The summed E-state index contributed by atoms with van der Waals surface area (Å²) in [5.74, 6) is -0.169. The van der Waals surface area contributed by atoms with E-state index in [1.165, 1.54) is 24.3 Å². The second kappa shape index (κ2) is 8.55. The molecule has 1 saturated heterocycles. The van der Waals surface area contributed by atoms with Gasteiger partial charge in [-0.15, -0.1) is 0 Å². The number of amides is 1. The van der Waals surface area contributed by atoms with Crippen LogP contribution in [0.4, 0.5) is 0 Å². The van der Waals surface area contributed by atoms with Crippen molar-refractivity contribution in [3.63, 3.8) is 0 Å². The van der Waals surface area contributed by atoms with Crippen molar-refractivity contribution in [2.75, 3.05) is 26.2 Å². The summed E-state index contributed by atoms with van der Waals surface area (Å²) in [4.78, 5) is 27.7. The minimum Gasteiger partial charge on any atom is -0.742 e. The number of nitrogens with zero attached hydrogens (tertiary/aromatic N) is 2. The summed E-state index contributed by atoms with van der Waals surface area (Å²) in [7, 11) is -5.01. The molecule has 0 unspecified atom stereocenters. The van der Waals surface area contributed by atoms with Gasteiger partial charge in [0, 0.05) is 43.3 Å². The predicted octanol–water partition coefficient (Wildman–Crippen LogP) is -2.46. The number of benzene rings is 1. The van der Waals surface area contributed by atoms with Gasteiger partial charge in [0.25, 0.3) is 11.0 Å². The molecule has 1 aromatic carbocycles.